The summed E-state index contributed by atoms with van der Waals surface area (Å²) >= 11 is 3.32. The molecule has 1 heterocycles. The second-order valence-electron chi connectivity index (χ2n) is 4.36. The highest BCUT2D eigenvalue weighted by Crippen LogP contribution is 2.18. The van der Waals surface area contributed by atoms with E-state index in [-0.39, 0.29) is 5.91 Å². The van der Waals surface area contributed by atoms with Crippen LogP contribution in [0, 0.1) is 13.8 Å². The number of carbonyl (C=O) groups is 1. The summed E-state index contributed by atoms with van der Waals surface area (Å²) in [5.74, 6) is -0.174. The van der Waals surface area contributed by atoms with E-state index < -0.39 is 0 Å². The number of nitrogens with one attached hydrogen (secondary N) is 1. The molecule has 0 aliphatic rings. The van der Waals surface area contributed by atoms with E-state index in [1.807, 2.05) is 19.9 Å². The first-order chi connectivity index (χ1) is 8.97. The van der Waals surface area contributed by atoms with Gasteiger partial charge in [-0.1, -0.05) is 0 Å². The van der Waals surface area contributed by atoms with Gasteiger partial charge in [0, 0.05) is 11.3 Å². The predicted octanol–water partition coefficient (Wildman–Crippen LogP) is 3.30. The molecule has 0 radical (unpaired) electrons. The van der Waals surface area contributed by atoms with Crippen LogP contribution in [0.5, 0.6) is 0 Å². The lowest BCUT2D eigenvalue weighted by atomic mass is 10.1. The van der Waals surface area contributed by atoms with Gasteiger partial charge < -0.3 is 11.1 Å². The predicted molar refractivity (Wildman–Crippen MR) is 80.2 cm³/mol. The molecule has 2 aromatic rings. The number of aromatic nitrogens is 1. The van der Waals surface area contributed by atoms with E-state index in [2.05, 4.69) is 26.2 Å². The van der Waals surface area contributed by atoms with Gasteiger partial charge in [0.25, 0.3) is 5.91 Å². The molecule has 0 fully saturated rings. The fourth-order valence-corrected chi connectivity index (χ4v) is 1.86. The molecule has 19 heavy (non-hydrogen) atoms. The van der Waals surface area contributed by atoms with Crippen molar-refractivity contribution in [1.29, 1.82) is 0 Å². The van der Waals surface area contributed by atoms with Crippen LogP contribution < -0.4 is 11.1 Å². The maximum Gasteiger partial charge on any atom is 0.255 e. The zero-order chi connectivity index (χ0) is 14.0. The van der Waals surface area contributed by atoms with Crippen LogP contribution in [0.2, 0.25) is 0 Å². The molecular weight excluding hydrogens is 306 g/mol. The summed E-state index contributed by atoms with van der Waals surface area (Å²) < 4.78 is 0.772. The molecule has 3 N–H and O–H groups in total. The number of hydrogen-bond donors (Lipinski definition) is 2. The number of nitrogen functional groups attached to an aromatic ring is 1. The van der Waals surface area contributed by atoms with Crippen molar-refractivity contribution in [2.75, 3.05) is 11.1 Å². The molecule has 0 aliphatic carbocycles. The average molecular weight is 320 g/mol. The highest BCUT2D eigenvalue weighted by Gasteiger charge is 2.08. The Labute approximate surface area is 120 Å². The van der Waals surface area contributed by atoms with Gasteiger partial charge in [-0.25, -0.2) is 4.98 Å². The van der Waals surface area contributed by atoms with Crippen LogP contribution in [0.4, 0.5) is 11.4 Å². The maximum atomic E-state index is 12.1. The smallest absolute Gasteiger partial charge is 0.255 e. The van der Waals surface area contributed by atoms with Crippen LogP contribution in [0.25, 0.3) is 0 Å². The third-order valence-corrected chi connectivity index (χ3v) is 3.63. The summed E-state index contributed by atoms with van der Waals surface area (Å²) in [5, 5.41) is 2.81. The monoisotopic (exact) mass is 319 g/mol. The number of pyridine rings is 1. The first kappa shape index (κ1) is 13.5. The van der Waals surface area contributed by atoms with Gasteiger partial charge in [-0.05, 0) is 65.2 Å². The van der Waals surface area contributed by atoms with Crippen LogP contribution in [0.15, 0.2) is 35.1 Å². The van der Waals surface area contributed by atoms with Gasteiger partial charge >= 0.3 is 0 Å². The summed E-state index contributed by atoms with van der Waals surface area (Å²) in [6.07, 6.45) is 1.61. The van der Waals surface area contributed by atoms with Crippen molar-refractivity contribution in [3.8, 4) is 0 Å². The van der Waals surface area contributed by atoms with E-state index >= 15 is 0 Å². The lowest BCUT2D eigenvalue weighted by Gasteiger charge is -2.08. The normalized spacial score (nSPS) is 10.3. The lowest BCUT2D eigenvalue weighted by molar-refractivity contribution is 0.102. The number of nitrogens with two attached hydrogens (primary N) is 1. The number of rotatable bonds is 2. The molecule has 1 amide bonds. The topological polar surface area (TPSA) is 68.0 Å². The first-order valence-electron chi connectivity index (χ1n) is 5.77. The van der Waals surface area contributed by atoms with Gasteiger partial charge in [0.2, 0.25) is 0 Å². The van der Waals surface area contributed by atoms with E-state index in [0.717, 1.165) is 15.7 Å². The summed E-state index contributed by atoms with van der Waals surface area (Å²) in [4.78, 5) is 16.2. The Kier molecular flexibility index (Phi) is 3.85. The second kappa shape index (κ2) is 5.40. The highest BCUT2D eigenvalue weighted by molar-refractivity contribution is 9.10. The first-order valence-corrected chi connectivity index (χ1v) is 6.56. The Morgan fingerprint density at radius 2 is 2.00 bits per heavy atom. The molecule has 2 rings (SSSR count). The van der Waals surface area contributed by atoms with E-state index in [1.165, 1.54) is 0 Å². The van der Waals surface area contributed by atoms with Gasteiger partial charge in [-0.3, -0.25) is 4.79 Å². The van der Waals surface area contributed by atoms with Gasteiger partial charge in [0.15, 0.2) is 0 Å². The highest BCUT2D eigenvalue weighted by atomic mass is 79.9. The van der Waals surface area contributed by atoms with Gasteiger partial charge in [-0.2, -0.15) is 0 Å². The number of hydrogen-bond acceptors (Lipinski definition) is 3. The Balaban J connectivity index is 2.20. The van der Waals surface area contributed by atoms with E-state index in [1.54, 1.807) is 24.4 Å². The largest absolute Gasteiger partial charge is 0.399 e. The van der Waals surface area contributed by atoms with Crippen molar-refractivity contribution in [3.63, 3.8) is 0 Å². The summed E-state index contributed by atoms with van der Waals surface area (Å²) in [6.45, 7) is 3.79. The molecule has 0 unspecified atom stereocenters. The summed E-state index contributed by atoms with van der Waals surface area (Å²) in [7, 11) is 0. The Morgan fingerprint density at radius 1 is 1.26 bits per heavy atom. The van der Waals surface area contributed by atoms with Crippen molar-refractivity contribution in [3.05, 3.63) is 51.8 Å². The SMILES string of the molecule is Cc1cc(C(=O)Nc2cnc(Br)c(C)c2)ccc1N. The summed E-state index contributed by atoms with van der Waals surface area (Å²) in [6, 6.07) is 7.06. The van der Waals surface area contributed by atoms with Crippen molar-refractivity contribution < 1.29 is 4.79 Å². The van der Waals surface area contributed by atoms with Gasteiger partial charge in [-0.15, -0.1) is 0 Å². The minimum atomic E-state index is -0.174. The number of amides is 1. The maximum absolute atomic E-state index is 12.1. The number of aryl methyl sites for hydroxylation is 2. The summed E-state index contributed by atoms with van der Waals surface area (Å²) in [5.41, 5.74) is 9.50. The van der Waals surface area contributed by atoms with Crippen molar-refractivity contribution in [2.24, 2.45) is 0 Å². The fraction of sp³-hybridized carbons (Fsp3) is 0.143. The molecule has 0 atom stereocenters. The molecule has 1 aromatic heterocycles. The van der Waals surface area contributed by atoms with E-state index in [0.29, 0.717) is 16.9 Å². The molecule has 98 valence electrons. The number of nitrogens with zero attached hydrogens (tertiary/aromatic N) is 1. The van der Waals surface area contributed by atoms with Crippen LogP contribution >= 0.6 is 15.9 Å². The second-order valence-corrected chi connectivity index (χ2v) is 5.11. The lowest BCUT2D eigenvalue weighted by Crippen LogP contribution is -2.12. The van der Waals surface area contributed by atoms with E-state index in [9.17, 15) is 4.79 Å². The van der Waals surface area contributed by atoms with E-state index in [4.69, 9.17) is 5.73 Å². The molecule has 5 heteroatoms. The molecule has 0 saturated heterocycles. The molecular formula is C14H14BrN3O. The zero-order valence-corrected chi connectivity index (χ0v) is 12.3. The van der Waals surface area contributed by atoms with Crippen LogP contribution in [0.1, 0.15) is 21.5 Å². The number of carbonyl (C=O) groups excluding carboxylic acids is 1. The van der Waals surface area contributed by atoms with Crippen molar-refractivity contribution >= 4 is 33.2 Å². The molecule has 0 saturated carbocycles. The fourth-order valence-electron chi connectivity index (χ4n) is 1.65. The number of anilines is 2. The number of halogens is 1. The third-order valence-electron chi connectivity index (χ3n) is 2.80. The van der Waals surface area contributed by atoms with Crippen molar-refractivity contribution in [2.45, 2.75) is 13.8 Å². The van der Waals surface area contributed by atoms with Crippen LogP contribution in [0.3, 0.4) is 0 Å². The Morgan fingerprint density at radius 3 is 2.63 bits per heavy atom. The van der Waals surface area contributed by atoms with Gasteiger partial charge in [0.1, 0.15) is 4.60 Å². The Bertz CT molecular complexity index is 641. The molecule has 0 aliphatic heterocycles. The average Bonchev–Trinajstić information content (AvgIpc) is 2.37. The molecule has 1 aromatic carbocycles. The number of benzene rings is 1. The quantitative estimate of drug-likeness (QED) is 0.659. The molecule has 0 bridgehead atoms. The van der Waals surface area contributed by atoms with Crippen molar-refractivity contribution in [1.82, 2.24) is 4.98 Å². The third kappa shape index (κ3) is 3.12. The van der Waals surface area contributed by atoms with Gasteiger partial charge in [0.05, 0.1) is 11.9 Å². The van der Waals surface area contributed by atoms with Crippen LogP contribution in [-0.2, 0) is 0 Å². The molecule has 4 nitrogen and oxygen atoms in total. The Hall–Kier alpha value is -1.88. The molecule has 0 spiro atoms. The standard InChI is InChI=1S/C14H14BrN3O/c1-8-5-10(3-4-12(8)16)14(19)18-11-6-9(2)13(15)17-7-11/h3-7H,16H2,1-2H3,(H,18,19). The minimum absolute atomic E-state index is 0.174. The zero-order valence-electron chi connectivity index (χ0n) is 10.7. The minimum Gasteiger partial charge on any atom is -0.399 e. The van der Waals surface area contributed by atoms with Crippen LogP contribution in [-0.4, -0.2) is 10.9 Å².